The van der Waals surface area contributed by atoms with Crippen LogP contribution in [0.15, 0.2) is 4.90 Å². The summed E-state index contributed by atoms with van der Waals surface area (Å²) in [6, 6.07) is -0.0442. The molecule has 0 fully saturated rings. The minimum absolute atomic E-state index is 0.0442. The van der Waals surface area contributed by atoms with E-state index in [1.54, 1.807) is 0 Å². The van der Waals surface area contributed by atoms with Crippen LogP contribution in [0.2, 0.25) is 0 Å². The largest absolute Gasteiger partial charge is 0.348 e. The van der Waals surface area contributed by atoms with E-state index >= 15 is 0 Å². The van der Waals surface area contributed by atoms with Gasteiger partial charge >= 0.3 is 0 Å². The van der Waals surface area contributed by atoms with Crippen molar-refractivity contribution >= 4 is 25.6 Å². The minimum Gasteiger partial charge on any atom is -0.348 e. The third-order valence-corrected chi connectivity index (χ3v) is 4.67. The second kappa shape index (κ2) is 7.79. The minimum atomic E-state index is -4.01. The summed E-state index contributed by atoms with van der Waals surface area (Å²) in [6.07, 6.45) is 5.32. The topological polar surface area (TPSA) is 91.9 Å². The molecule has 1 atom stereocenters. The van der Waals surface area contributed by atoms with E-state index in [1.807, 2.05) is 6.92 Å². The van der Waals surface area contributed by atoms with Gasteiger partial charge in [0.2, 0.25) is 0 Å². The van der Waals surface area contributed by atoms with E-state index < -0.39 is 15.0 Å². The number of nitrogens with one attached hydrogen (secondary N) is 2. The lowest BCUT2D eigenvalue weighted by molar-refractivity contribution is 0.0929. The third kappa shape index (κ3) is 5.32. The summed E-state index contributed by atoms with van der Waals surface area (Å²) >= 11 is 0. The number of halogens is 1. The van der Waals surface area contributed by atoms with E-state index in [2.05, 4.69) is 22.4 Å². The molecule has 120 valence electrons. The molecule has 1 amide bonds. The van der Waals surface area contributed by atoms with Crippen LogP contribution in [0.5, 0.6) is 0 Å². The molecule has 1 aromatic rings. The number of hydrogen-bond donors (Lipinski definition) is 2. The lowest BCUT2D eigenvalue weighted by Crippen LogP contribution is -2.33. The van der Waals surface area contributed by atoms with Crippen LogP contribution in [-0.4, -0.2) is 30.6 Å². The number of aryl methyl sites for hydroxylation is 1. The van der Waals surface area contributed by atoms with Crippen molar-refractivity contribution < 1.29 is 13.2 Å². The lowest BCUT2D eigenvalue weighted by atomic mass is 10.1. The number of unbranched alkanes of at least 4 members (excludes halogenated alkanes) is 3. The molecular weight excluding hydrogens is 314 g/mol. The molecule has 8 heteroatoms. The van der Waals surface area contributed by atoms with Gasteiger partial charge in [-0.1, -0.05) is 32.6 Å². The molecule has 1 heterocycles. The molecule has 2 N–H and O–H groups in total. The zero-order valence-corrected chi connectivity index (χ0v) is 14.1. The molecule has 1 aromatic heterocycles. The molecule has 0 saturated heterocycles. The molecule has 0 aliphatic rings. The summed E-state index contributed by atoms with van der Waals surface area (Å²) in [4.78, 5) is 11.9. The van der Waals surface area contributed by atoms with Crippen molar-refractivity contribution in [1.82, 2.24) is 15.5 Å². The van der Waals surface area contributed by atoms with Gasteiger partial charge in [0.15, 0.2) is 5.69 Å². The maximum atomic E-state index is 12.1. The van der Waals surface area contributed by atoms with E-state index in [4.69, 9.17) is 10.7 Å². The molecule has 1 rings (SSSR count). The number of aromatic nitrogens is 2. The summed E-state index contributed by atoms with van der Waals surface area (Å²) in [5.74, 6) is -0.526. The van der Waals surface area contributed by atoms with Crippen molar-refractivity contribution in [3.05, 3.63) is 11.4 Å². The Morgan fingerprint density at radius 1 is 1.38 bits per heavy atom. The Morgan fingerprint density at radius 2 is 2.05 bits per heavy atom. The Hall–Kier alpha value is -1.08. The SMILES string of the molecule is CCCCCCC(C)NC(=O)c1n[nH]c(C)c1S(=O)(=O)Cl. The van der Waals surface area contributed by atoms with E-state index in [0.717, 1.165) is 25.7 Å². The second-order valence-electron chi connectivity index (χ2n) is 5.19. The van der Waals surface area contributed by atoms with Crippen molar-refractivity contribution in [2.45, 2.75) is 63.8 Å². The Balaban J connectivity index is 2.69. The Morgan fingerprint density at radius 3 is 2.62 bits per heavy atom. The smallest absolute Gasteiger partial charge is 0.273 e. The first-order chi connectivity index (χ1) is 9.77. The van der Waals surface area contributed by atoms with Crippen LogP contribution in [0.3, 0.4) is 0 Å². The first kappa shape index (κ1) is 18.0. The zero-order chi connectivity index (χ0) is 16.0. The first-order valence-corrected chi connectivity index (χ1v) is 9.38. The molecule has 21 heavy (non-hydrogen) atoms. The van der Waals surface area contributed by atoms with Crippen LogP contribution < -0.4 is 5.32 Å². The number of carbonyl (C=O) groups excluding carboxylic acids is 1. The Labute approximate surface area is 130 Å². The van der Waals surface area contributed by atoms with Crippen molar-refractivity contribution in [3.8, 4) is 0 Å². The summed E-state index contributed by atoms with van der Waals surface area (Å²) in [5.41, 5.74) is 0.0775. The van der Waals surface area contributed by atoms with E-state index in [-0.39, 0.29) is 22.3 Å². The number of hydrogen-bond acceptors (Lipinski definition) is 4. The second-order valence-corrected chi connectivity index (χ2v) is 7.69. The molecule has 0 aliphatic carbocycles. The maximum absolute atomic E-state index is 12.1. The lowest BCUT2D eigenvalue weighted by Gasteiger charge is -2.13. The average Bonchev–Trinajstić information content (AvgIpc) is 2.76. The van der Waals surface area contributed by atoms with Gasteiger partial charge in [-0.25, -0.2) is 8.42 Å². The number of H-pyrrole nitrogens is 1. The highest BCUT2D eigenvalue weighted by atomic mass is 35.7. The molecule has 0 aromatic carbocycles. The zero-order valence-electron chi connectivity index (χ0n) is 12.6. The molecule has 0 radical (unpaired) electrons. The highest BCUT2D eigenvalue weighted by Gasteiger charge is 2.27. The van der Waals surface area contributed by atoms with Crippen LogP contribution in [0, 0.1) is 6.92 Å². The van der Waals surface area contributed by atoms with Gasteiger partial charge in [-0.3, -0.25) is 9.89 Å². The third-order valence-electron chi connectivity index (χ3n) is 3.22. The van der Waals surface area contributed by atoms with Crippen LogP contribution in [0.4, 0.5) is 0 Å². The number of amides is 1. The maximum Gasteiger partial charge on any atom is 0.273 e. The van der Waals surface area contributed by atoms with Crippen molar-refractivity contribution in [2.24, 2.45) is 0 Å². The van der Waals surface area contributed by atoms with Crippen molar-refractivity contribution in [1.29, 1.82) is 0 Å². The molecule has 6 nitrogen and oxygen atoms in total. The van der Waals surface area contributed by atoms with Crippen LogP contribution in [0.1, 0.15) is 62.1 Å². The van der Waals surface area contributed by atoms with Gasteiger partial charge in [0.25, 0.3) is 15.0 Å². The fourth-order valence-corrected chi connectivity index (χ4v) is 3.46. The van der Waals surface area contributed by atoms with Gasteiger partial charge < -0.3 is 5.32 Å². The normalized spacial score (nSPS) is 13.1. The van der Waals surface area contributed by atoms with Gasteiger partial charge in [-0.2, -0.15) is 5.10 Å². The number of rotatable bonds is 8. The predicted molar refractivity (Wildman–Crippen MR) is 82.1 cm³/mol. The monoisotopic (exact) mass is 335 g/mol. The van der Waals surface area contributed by atoms with Crippen LogP contribution in [0.25, 0.3) is 0 Å². The molecule has 0 aliphatic heterocycles. The summed E-state index contributed by atoms with van der Waals surface area (Å²) in [7, 11) is 1.33. The highest BCUT2D eigenvalue weighted by molar-refractivity contribution is 8.13. The predicted octanol–water partition coefficient (Wildman–Crippen LogP) is 2.73. The van der Waals surface area contributed by atoms with E-state index in [0.29, 0.717) is 0 Å². The first-order valence-electron chi connectivity index (χ1n) is 7.07. The quantitative estimate of drug-likeness (QED) is 0.564. The highest BCUT2D eigenvalue weighted by Crippen LogP contribution is 2.21. The molecule has 0 spiro atoms. The van der Waals surface area contributed by atoms with Crippen molar-refractivity contribution in [3.63, 3.8) is 0 Å². The van der Waals surface area contributed by atoms with Gasteiger partial charge in [-0.15, -0.1) is 0 Å². The van der Waals surface area contributed by atoms with Crippen molar-refractivity contribution in [2.75, 3.05) is 0 Å². The van der Waals surface area contributed by atoms with Crippen LogP contribution in [-0.2, 0) is 9.05 Å². The summed E-state index contributed by atoms with van der Waals surface area (Å²) in [5, 5.41) is 8.98. The Kier molecular flexibility index (Phi) is 6.67. The summed E-state index contributed by atoms with van der Waals surface area (Å²) < 4.78 is 23.0. The number of carbonyl (C=O) groups is 1. The number of nitrogens with zero attached hydrogens (tertiary/aromatic N) is 1. The molecule has 0 bridgehead atoms. The summed E-state index contributed by atoms with van der Waals surface area (Å²) in [6.45, 7) is 5.53. The Bertz CT molecular complexity index is 583. The number of aromatic amines is 1. The molecular formula is C13H22ClN3O3S. The van der Waals surface area contributed by atoms with Gasteiger partial charge in [0.1, 0.15) is 4.90 Å². The van der Waals surface area contributed by atoms with Gasteiger partial charge in [0.05, 0.1) is 5.69 Å². The van der Waals surface area contributed by atoms with Gasteiger partial charge in [0, 0.05) is 16.7 Å². The molecule has 1 unspecified atom stereocenters. The van der Waals surface area contributed by atoms with E-state index in [9.17, 15) is 13.2 Å². The fraction of sp³-hybridized carbons (Fsp3) is 0.692. The standard InChI is InChI=1S/C13H22ClN3O3S/c1-4-5-6-7-8-9(2)15-13(18)11-12(21(14,19)20)10(3)16-17-11/h9H,4-8H2,1-3H3,(H,15,18)(H,16,17). The molecule has 0 saturated carbocycles. The van der Waals surface area contributed by atoms with E-state index in [1.165, 1.54) is 13.3 Å². The van der Waals surface area contributed by atoms with Gasteiger partial charge in [-0.05, 0) is 20.3 Å². The van der Waals surface area contributed by atoms with Crippen LogP contribution >= 0.6 is 10.7 Å². The fourth-order valence-electron chi connectivity index (χ4n) is 2.11. The average molecular weight is 336 g/mol.